The summed E-state index contributed by atoms with van der Waals surface area (Å²) in [5.41, 5.74) is 1.16. The van der Waals surface area contributed by atoms with E-state index in [1.807, 2.05) is 25.2 Å². The lowest BCUT2D eigenvalue weighted by molar-refractivity contribution is 0.141. The standard InChI is InChI=1S/C15H25ClN2O/c1-15(2,18(4)5)14(17-3)10-11-9-12(16)7-8-13(11)19-6/h7-9,14,17H,10H2,1-6H3. The Balaban J connectivity index is 3.02. The third-order valence-corrected chi connectivity index (χ3v) is 4.26. The van der Waals surface area contributed by atoms with E-state index in [-0.39, 0.29) is 5.54 Å². The highest BCUT2D eigenvalue weighted by Crippen LogP contribution is 2.27. The van der Waals surface area contributed by atoms with E-state index in [4.69, 9.17) is 16.3 Å². The van der Waals surface area contributed by atoms with Crippen LogP contribution in [0.15, 0.2) is 18.2 Å². The van der Waals surface area contributed by atoms with Gasteiger partial charge in [-0.05, 0) is 65.2 Å². The van der Waals surface area contributed by atoms with E-state index in [0.717, 1.165) is 22.8 Å². The molecule has 1 rings (SSSR count). The molecule has 0 saturated heterocycles. The lowest BCUT2D eigenvalue weighted by Crippen LogP contribution is -2.55. The average molecular weight is 285 g/mol. The van der Waals surface area contributed by atoms with Crippen LogP contribution in [0.25, 0.3) is 0 Å². The minimum atomic E-state index is 0.0298. The number of methoxy groups -OCH3 is 1. The molecule has 1 N–H and O–H groups in total. The van der Waals surface area contributed by atoms with E-state index in [2.05, 4.69) is 38.2 Å². The van der Waals surface area contributed by atoms with Gasteiger partial charge in [0.05, 0.1) is 7.11 Å². The van der Waals surface area contributed by atoms with Crippen LogP contribution in [0, 0.1) is 0 Å². The Bertz CT molecular complexity index is 419. The van der Waals surface area contributed by atoms with Gasteiger partial charge in [-0.2, -0.15) is 0 Å². The minimum absolute atomic E-state index is 0.0298. The largest absolute Gasteiger partial charge is 0.496 e. The van der Waals surface area contributed by atoms with E-state index >= 15 is 0 Å². The number of nitrogens with zero attached hydrogens (tertiary/aromatic N) is 1. The Morgan fingerprint density at radius 3 is 2.47 bits per heavy atom. The van der Waals surface area contributed by atoms with Gasteiger partial charge in [-0.3, -0.25) is 0 Å². The Morgan fingerprint density at radius 2 is 2.00 bits per heavy atom. The zero-order valence-corrected chi connectivity index (χ0v) is 13.5. The number of ether oxygens (including phenoxy) is 1. The SMILES string of the molecule is CNC(Cc1cc(Cl)ccc1OC)C(C)(C)N(C)C. The lowest BCUT2D eigenvalue weighted by atomic mass is 9.88. The summed E-state index contributed by atoms with van der Waals surface area (Å²) in [4.78, 5) is 2.23. The molecule has 0 radical (unpaired) electrons. The molecule has 4 heteroatoms. The van der Waals surface area contributed by atoms with Crippen LogP contribution in [0.3, 0.4) is 0 Å². The number of likely N-dealkylation sites (N-methyl/N-ethyl adjacent to an activating group) is 2. The van der Waals surface area contributed by atoms with Gasteiger partial charge in [0.15, 0.2) is 0 Å². The Morgan fingerprint density at radius 1 is 1.37 bits per heavy atom. The van der Waals surface area contributed by atoms with Gasteiger partial charge in [0, 0.05) is 16.6 Å². The fourth-order valence-electron chi connectivity index (χ4n) is 2.14. The summed E-state index contributed by atoms with van der Waals surface area (Å²) in [6.45, 7) is 4.45. The summed E-state index contributed by atoms with van der Waals surface area (Å²) >= 11 is 6.09. The third kappa shape index (κ3) is 3.85. The summed E-state index contributed by atoms with van der Waals surface area (Å²) in [6, 6.07) is 6.06. The zero-order valence-electron chi connectivity index (χ0n) is 12.7. The van der Waals surface area contributed by atoms with Gasteiger partial charge in [0.2, 0.25) is 0 Å². The molecule has 0 heterocycles. The first kappa shape index (κ1) is 16.3. The van der Waals surface area contributed by atoms with E-state index in [1.54, 1.807) is 7.11 Å². The minimum Gasteiger partial charge on any atom is -0.496 e. The van der Waals surface area contributed by atoms with Gasteiger partial charge >= 0.3 is 0 Å². The second-order valence-corrected chi connectivity index (χ2v) is 5.99. The van der Waals surface area contributed by atoms with Crippen molar-refractivity contribution in [2.45, 2.75) is 31.8 Å². The topological polar surface area (TPSA) is 24.5 Å². The molecule has 1 atom stereocenters. The molecule has 0 aliphatic rings. The number of hydrogen-bond donors (Lipinski definition) is 1. The number of halogens is 1. The van der Waals surface area contributed by atoms with Crippen molar-refractivity contribution in [1.82, 2.24) is 10.2 Å². The first-order valence-corrected chi connectivity index (χ1v) is 6.87. The molecule has 0 bridgehead atoms. The molecule has 108 valence electrons. The molecule has 0 aliphatic heterocycles. The van der Waals surface area contributed by atoms with Gasteiger partial charge in [-0.25, -0.2) is 0 Å². The number of hydrogen-bond acceptors (Lipinski definition) is 3. The first-order chi connectivity index (χ1) is 8.82. The van der Waals surface area contributed by atoms with E-state index in [9.17, 15) is 0 Å². The monoisotopic (exact) mass is 284 g/mol. The van der Waals surface area contributed by atoms with Gasteiger partial charge < -0.3 is 15.0 Å². The Labute approximate surface area is 121 Å². The first-order valence-electron chi connectivity index (χ1n) is 6.50. The molecule has 0 aliphatic carbocycles. The molecule has 0 aromatic heterocycles. The fraction of sp³-hybridized carbons (Fsp3) is 0.600. The van der Waals surface area contributed by atoms with E-state index < -0.39 is 0 Å². The summed E-state index contributed by atoms with van der Waals surface area (Å²) in [5.74, 6) is 0.888. The molecule has 1 unspecified atom stereocenters. The van der Waals surface area contributed by atoms with E-state index in [0.29, 0.717) is 6.04 Å². The zero-order chi connectivity index (χ0) is 14.6. The quantitative estimate of drug-likeness (QED) is 0.869. The predicted octanol–water partition coefficient (Wildman–Crippen LogP) is 2.82. The van der Waals surface area contributed by atoms with Crippen LogP contribution < -0.4 is 10.1 Å². The van der Waals surface area contributed by atoms with Crippen LogP contribution >= 0.6 is 11.6 Å². The fourth-order valence-corrected chi connectivity index (χ4v) is 2.34. The van der Waals surface area contributed by atoms with Crippen LogP contribution in [0.4, 0.5) is 0 Å². The molecule has 0 spiro atoms. The summed E-state index contributed by atoms with van der Waals surface area (Å²) in [6.07, 6.45) is 0.866. The maximum atomic E-state index is 6.09. The van der Waals surface area contributed by atoms with Gasteiger partial charge in [-0.1, -0.05) is 11.6 Å². The maximum Gasteiger partial charge on any atom is 0.122 e. The summed E-state index contributed by atoms with van der Waals surface area (Å²) < 4.78 is 5.42. The molecule has 0 amide bonds. The van der Waals surface area contributed by atoms with Crippen molar-refractivity contribution in [2.24, 2.45) is 0 Å². The molecular weight excluding hydrogens is 260 g/mol. The van der Waals surface area contributed by atoms with Crippen molar-refractivity contribution in [1.29, 1.82) is 0 Å². The Kier molecular flexibility index (Phi) is 5.65. The number of benzene rings is 1. The normalized spacial score (nSPS) is 13.7. The summed E-state index contributed by atoms with van der Waals surface area (Å²) in [7, 11) is 7.88. The maximum absolute atomic E-state index is 6.09. The highest BCUT2D eigenvalue weighted by Gasteiger charge is 2.31. The van der Waals surface area contributed by atoms with Crippen molar-refractivity contribution in [3.63, 3.8) is 0 Å². The van der Waals surface area contributed by atoms with Gasteiger partial charge in [-0.15, -0.1) is 0 Å². The molecule has 0 fully saturated rings. The predicted molar refractivity (Wildman–Crippen MR) is 82.3 cm³/mol. The lowest BCUT2D eigenvalue weighted by Gasteiger charge is -2.40. The highest BCUT2D eigenvalue weighted by atomic mass is 35.5. The van der Waals surface area contributed by atoms with Crippen molar-refractivity contribution in [3.05, 3.63) is 28.8 Å². The molecule has 1 aromatic rings. The average Bonchev–Trinajstić information content (AvgIpc) is 2.35. The molecule has 19 heavy (non-hydrogen) atoms. The van der Waals surface area contributed by atoms with Gasteiger partial charge in [0.1, 0.15) is 5.75 Å². The van der Waals surface area contributed by atoms with E-state index in [1.165, 1.54) is 0 Å². The van der Waals surface area contributed by atoms with Crippen LogP contribution in [0.2, 0.25) is 5.02 Å². The molecule has 0 saturated carbocycles. The van der Waals surface area contributed by atoms with Crippen molar-refractivity contribution in [3.8, 4) is 5.75 Å². The second kappa shape index (κ2) is 6.60. The highest BCUT2D eigenvalue weighted by molar-refractivity contribution is 6.30. The summed E-state index contributed by atoms with van der Waals surface area (Å²) in [5, 5.41) is 4.15. The van der Waals surface area contributed by atoms with Gasteiger partial charge in [0.25, 0.3) is 0 Å². The van der Waals surface area contributed by atoms with Crippen molar-refractivity contribution >= 4 is 11.6 Å². The molecule has 3 nitrogen and oxygen atoms in total. The molecular formula is C15H25ClN2O. The number of rotatable bonds is 6. The van der Waals surface area contributed by atoms with Crippen LogP contribution in [-0.4, -0.2) is 44.7 Å². The smallest absolute Gasteiger partial charge is 0.122 e. The Hall–Kier alpha value is -0.770. The molecule has 1 aromatic carbocycles. The van der Waals surface area contributed by atoms with Crippen molar-refractivity contribution < 1.29 is 4.74 Å². The second-order valence-electron chi connectivity index (χ2n) is 5.55. The number of nitrogens with one attached hydrogen (secondary N) is 1. The van der Waals surface area contributed by atoms with Crippen LogP contribution in [0.1, 0.15) is 19.4 Å². The van der Waals surface area contributed by atoms with Crippen LogP contribution in [0.5, 0.6) is 5.75 Å². The van der Waals surface area contributed by atoms with Crippen LogP contribution in [-0.2, 0) is 6.42 Å². The van der Waals surface area contributed by atoms with Crippen molar-refractivity contribution in [2.75, 3.05) is 28.3 Å². The third-order valence-electron chi connectivity index (χ3n) is 4.02.